The van der Waals surface area contributed by atoms with E-state index in [0.29, 0.717) is 10.7 Å². The summed E-state index contributed by atoms with van der Waals surface area (Å²) in [5, 5.41) is 8.37. The van der Waals surface area contributed by atoms with Gasteiger partial charge >= 0.3 is 0 Å². The van der Waals surface area contributed by atoms with Crippen LogP contribution < -0.4 is 0 Å². The van der Waals surface area contributed by atoms with Crippen molar-refractivity contribution < 1.29 is 17.5 Å². The number of sulfone groups is 1. The van der Waals surface area contributed by atoms with Crippen molar-refractivity contribution in [2.75, 3.05) is 12.5 Å². The molecule has 0 aliphatic heterocycles. The maximum atomic E-state index is 11.6. The van der Waals surface area contributed by atoms with Gasteiger partial charge in [0.05, 0.1) is 16.0 Å². The van der Waals surface area contributed by atoms with Crippen molar-refractivity contribution in [3.8, 4) is 44.8 Å². The van der Waals surface area contributed by atoms with Crippen molar-refractivity contribution >= 4 is 21.6 Å². The first-order chi connectivity index (χ1) is 20.3. The highest BCUT2D eigenvalue weighted by Crippen LogP contribution is 2.36. The standard InChI is InChI=1S/C17H15NO3S.C17H15NOS/c1-12-16(13-8-10-15(11-9-13)22(2,19)20)17(18-21-12)14-6-4-3-5-7-14;1-12-16(13-8-10-15(20-2)11-9-13)17(18-19-12)14-6-4-3-5-7-14/h3-11H,1-2H3;3-11H,1-2H3. The largest absolute Gasteiger partial charge is 0.360 e. The average Bonchev–Trinajstić information content (AvgIpc) is 3.60. The van der Waals surface area contributed by atoms with E-state index in [2.05, 4.69) is 53.0 Å². The number of thioether (sulfide) groups is 1. The van der Waals surface area contributed by atoms with Crippen molar-refractivity contribution in [3.63, 3.8) is 0 Å². The third kappa shape index (κ3) is 6.40. The van der Waals surface area contributed by atoms with E-state index in [9.17, 15) is 8.42 Å². The van der Waals surface area contributed by atoms with Crippen LogP contribution in [0.15, 0.2) is 128 Å². The van der Waals surface area contributed by atoms with Gasteiger partial charge in [0.15, 0.2) is 9.84 Å². The highest BCUT2D eigenvalue weighted by molar-refractivity contribution is 7.98. The fraction of sp³-hybridized carbons (Fsp3) is 0.118. The Morgan fingerprint density at radius 2 is 0.976 bits per heavy atom. The normalized spacial score (nSPS) is 11.1. The topological polar surface area (TPSA) is 86.2 Å². The second kappa shape index (κ2) is 12.6. The van der Waals surface area contributed by atoms with Gasteiger partial charge in [-0.05, 0) is 55.5 Å². The minimum atomic E-state index is -3.20. The van der Waals surface area contributed by atoms with E-state index in [1.807, 2.05) is 62.4 Å². The van der Waals surface area contributed by atoms with Crippen LogP contribution in [-0.2, 0) is 9.84 Å². The van der Waals surface area contributed by atoms with Crippen molar-refractivity contribution in [2.45, 2.75) is 23.6 Å². The maximum absolute atomic E-state index is 11.6. The number of hydrogen-bond donors (Lipinski definition) is 0. The summed E-state index contributed by atoms with van der Waals surface area (Å²) in [5.41, 5.74) is 7.67. The SMILES string of the molecule is CSc1ccc(-c2c(-c3ccccc3)noc2C)cc1.Cc1onc(-c2ccccc2)c1-c1ccc(S(C)(=O)=O)cc1. The minimum absolute atomic E-state index is 0.298. The second-order valence-corrected chi connectivity index (χ2v) is 12.6. The van der Waals surface area contributed by atoms with E-state index in [-0.39, 0.29) is 0 Å². The predicted molar refractivity (Wildman–Crippen MR) is 169 cm³/mol. The van der Waals surface area contributed by atoms with Crippen molar-refractivity contribution in [2.24, 2.45) is 0 Å². The second-order valence-electron chi connectivity index (χ2n) is 9.68. The Labute approximate surface area is 250 Å². The lowest BCUT2D eigenvalue weighted by Crippen LogP contribution is -1.96. The van der Waals surface area contributed by atoms with Gasteiger partial charge in [0.1, 0.15) is 22.9 Å². The van der Waals surface area contributed by atoms with Gasteiger partial charge < -0.3 is 9.05 Å². The van der Waals surface area contributed by atoms with E-state index in [0.717, 1.165) is 50.5 Å². The van der Waals surface area contributed by atoms with Gasteiger partial charge in [-0.25, -0.2) is 8.42 Å². The zero-order valence-corrected chi connectivity index (χ0v) is 25.4. The molecule has 0 N–H and O–H groups in total. The molecule has 0 fully saturated rings. The van der Waals surface area contributed by atoms with Crippen LogP contribution in [0.5, 0.6) is 0 Å². The van der Waals surface area contributed by atoms with Gasteiger partial charge in [0, 0.05) is 22.3 Å². The molecule has 0 atom stereocenters. The summed E-state index contributed by atoms with van der Waals surface area (Å²) in [5.74, 6) is 1.55. The van der Waals surface area contributed by atoms with Crippen molar-refractivity contribution in [3.05, 3.63) is 121 Å². The van der Waals surface area contributed by atoms with Crippen LogP contribution in [0, 0.1) is 13.8 Å². The van der Waals surface area contributed by atoms with E-state index in [1.54, 1.807) is 36.0 Å². The zero-order chi connectivity index (χ0) is 29.7. The number of aromatic nitrogens is 2. The molecule has 0 aliphatic carbocycles. The molecule has 4 aromatic carbocycles. The lowest BCUT2D eigenvalue weighted by molar-refractivity contribution is 0.400. The summed E-state index contributed by atoms with van der Waals surface area (Å²) in [7, 11) is -3.20. The zero-order valence-electron chi connectivity index (χ0n) is 23.7. The molecule has 2 aromatic heterocycles. The molecule has 6 aromatic rings. The van der Waals surface area contributed by atoms with E-state index >= 15 is 0 Å². The van der Waals surface area contributed by atoms with Gasteiger partial charge in [-0.1, -0.05) is 95.2 Å². The highest BCUT2D eigenvalue weighted by atomic mass is 32.2. The molecule has 0 aliphatic rings. The summed E-state index contributed by atoms with van der Waals surface area (Å²) in [6, 6.07) is 35.2. The summed E-state index contributed by atoms with van der Waals surface area (Å²) < 4.78 is 33.8. The summed E-state index contributed by atoms with van der Waals surface area (Å²) in [4.78, 5) is 1.55. The number of benzene rings is 4. The summed E-state index contributed by atoms with van der Waals surface area (Å²) in [6.07, 6.45) is 3.27. The Balaban J connectivity index is 0.000000169. The fourth-order valence-electron chi connectivity index (χ4n) is 4.64. The first kappa shape index (κ1) is 29.1. The van der Waals surface area contributed by atoms with Crippen LogP contribution in [0.2, 0.25) is 0 Å². The van der Waals surface area contributed by atoms with Crippen LogP contribution in [0.1, 0.15) is 11.5 Å². The van der Waals surface area contributed by atoms with Gasteiger partial charge in [-0.2, -0.15) is 0 Å². The van der Waals surface area contributed by atoms with Gasteiger partial charge in [-0.15, -0.1) is 11.8 Å². The van der Waals surface area contributed by atoms with Crippen molar-refractivity contribution in [1.29, 1.82) is 0 Å². The van der Waals surface area contributed by atoms with Crippen LogP contribution >= 0.6 is 11.8 Å². The monoisotopic (exact) mass is 594 g/mol. The van der Waals surface area contributed by atoms with Gasteiger partial charge in [0.25, 0.3) is 0 Å². The number of nitrogens with zero attached hydrogens (tertiary/aromatic N) is 2. The van der Waals surface area contributed by atoms with E-state index < -0.39 is 9.84 Å². The fourth-order valence-corrected chi connectivity index (χ4v) is 5.68. The summed E-state index contributed by atoms with van der Waals surface area (Å²) in [6.45, 7) is 3.80. The van der Waals surface area contributed by atoms with Crippen LogP contribution in [0.4, 0.5) is 0 Å². The molecule has 0 radical (unpaired) electrons. The van der Waals surface area contributed by atoms with Crippen molar-refractivity contribution in [1.82, 2.24) is 10.3 Å². The molecule has 0 saturated carbocycles. The number of rotatable bonds is 6. The smallest absolute Gasteiger partial charge is 0.175 e. The molecule has 0 unspecified atom stereocenters. The Kier molecular flexibility index (Phi) is 8.75. The molecular weight excluding hydrogens is 565 g/mol. The molecule has 0 bridgehead atoms. The average molecular weight is 595 g/mol. The van der Waals surface area contributed by atoms with Gasteiger partial charge in [-0.3, -0.25) is 0 Å². The lowest BCUT2D eigenvalue weighted by Gasteiger charge is -2.04. The first-order valence-corrected chi connectivity index (χ1v) is 16.4. The molecule has 0 amide bonds. The molecular formula is C34H30N2O4S2. The molecule has 8 heteroatoms. The molecule has 6 nitrogen and oxygen atoms in total. The number of aryl methyl sites for hydroxylation is 2. The van der Waals surface area contributed by atoms with Crippen LogP contribution in [0.25, 0.3) is 44.8 Å². The first-order valence-electron chi connectivity index (χ1n) is 13.2. The van der Waals surface area contributed by atoms with Gasteiger partial charge in [0.2, 0.25) is 0 Å². The molecule has 6 rings (SSSR count). The Bertz CT molecular complexity index is 1880. The molecule has 2 heterocycles. The van der Waals surface area contributed by atoms with E-state index in [4.69, 9.17) is 9.05 Å². The Hall–Kier alpha value is -4.40. The quantitative estimate of drug-likeness (QED) is 0.178. The van der Waals surface area contributed by atoms with E-state index in [1.165, 1.54) is 11.2 Å². The highest BCUT2D eigenvalue weighted by Gasteiger charge is 2.18. The Morgan fingerprint density at radius 1 is 0.571 bits per heavy atom. The molecule has 212 valence electrons. The maximum Gasteiger partial charge on any atom is 0.175 e. The van der Waals surface area contributed by atoms with Crippen LogP contribution in [-0.4, -0.2) is 31.2 Å². The minimum Gasteiger partial charge on any atom is -0.360 e. The predicted octanol–water partition coefficient (Wildman–Crippen LogP) is 8.76. The number of hydrogen-bond acceptors (Lipinski definition) is 7. The lowest BCUT2D eigenvalue weighted by atomic mass is 10.00. The third-order valence-corrected chi connectivity index (χ3v) is 8.64. The Morgan fingerprint density at radius 3 is 1.36 bits per heavy atom. The molecule has 0 saturated heterocycles. The third-order valence-electron chi connectivity index (χ3n) is 6.77. The molecule has 42 heavy (non-hydrogen) atoms. The van der Waals surface area contributed by atoms with Crippen LogP contribution in [0.3, 0.4) is 0 Å². The molecule has 0 spiro atoms. The summed E-state index contributed by atoms with van der Waals surface area (Å²) >= 11 is 1.74.